The van der Waals surface area contributed by atoms with Crippen LogP contribution in [-0.2, 0) is 20.6 Å². The molecule has 0 aliphatic rings. The SMILES string of the molecule is C=CCOc1nn(C)c2c(=O)n(C)c(=O)n(Cc3ccccc3)c12. The van der Waals surface area contributed by atoms with Crippen LogP contribution in [0.1, 0.15) is 5.56 Å². The summed E-state index contributed by atoms with van der Waals surface area (Å²) in [4.78, 5) is 25.1. The Bertz CT molecular complexity index is 1010. The fourth-order valence-corrected chi connectivity index (χ4v) is 2.64. The van der Waals surface area contributed by atoms with E-state index in [9.17, 15) is 9.59 Å². The van der Waals surface area contributed by atoms with E-state index < -0.39 is 11.2 Å². The van der Waals surface area contributed by atoms with Gasteiger partial charge in [-0.25, -0.2) is 4.79 Å². The van der Waals surface area contributed by atoms with Crippen LogP contribution in [0.2, 0.25) is 0 Å². The molecule has 0 spiro atoms. The van der Waals surface area contributed by atoms with Crippen LogP contribution in [0.5, 0.6) is 5.88 Å². The lowest BCUT2D eigenvalue weighted by Crippen LogP contribution is -2.38. The van der Waals surface area contributed by atoms with Crippen LogP contribution in [0.3, 0.4) is 0 Å². The maximum absolute atomic E-state index is 12.7. The van der Waals surface area contributed by atoms with Crippen LogP contribution in [0, 0.1) is 0 Å². The van der Waals surface area contributed by atoms with E-state index in [1.165, 1.54) is 16.3 Å². The van der Waals surface area contributed by atoms with Gasteiger partial charge < -0.3 is 4.74 Å². The molecular formula is C17H18N4O3. The van der Waals surface area contributed by atoms with E-state index in [-0.39, 0.29) is 12.5 Å². The van der Waals surface area contributed by atoms with Gasteiger partial charge in [0.1, 0.15) is 12.1 Å². The maximum Gasteiger partial charge on any atom is 0.331 e. The molecule has 0 atom stereocenters. The Hall–Kier alpha value is -3.09. The van der Waals surface area contributed by atoms with E-state index in [4.69, 9.17) is 4.74 Å². The number of aromatic nitrogens is 4. The number of hydrogen-bond acceptors (Lipinski definition) is 4. The lowest BCUT2D eigenvalue weighted by Gasteiger charge is -2.11. The molecular weight excluding hydrogens is 308 g/mol. The van der Waals surface area contributed by atoms with Crippen LogP contribution in [0.15, 0.2) is 52.6 Å². The van der Waals surface area contributed by atoms with Crippen LogP contribution in [0.4, 0.5) is 0 Å². The minimum atomic E-state index is -0.409. The number of rotatable bonds is 5. The highest BCUT2D eigenvalue weighted by Gasteiger charge is 2.20. The molecule has 0 amide bonds. The lowest BCUT2D eigenvalue weighted by atomic mass is 10.2. The Morgan fingerprint density at radius 3 is 2.54 bits per heavy atom. The van der Waals surface area contributed by atoms with E-state index >= 15 is 0 Å². The summed E-state index contributed by atoms with van der Waals surface area (Å²) in [5, 5.41) is 4.25. The minimum Gasteiger partial charge on any atom is -0.471 e. The monoisotopic (exact) mass is 326 g/mol. The van der Waals surface area contributed by atoms with Crippen molar-refractivity contribution >= 4 is 11.0 Å². The van der Waals surface area contributed by atoms with Gasteiger partial charge in [-0.15, -0.1) is 5.10 Å². The van der Waals surface area contributed by atoms with Crippen molar-refractivity contribution in [3.8, 4) is 5.88 Å². The predicted octanol–water partition coefficient (Wildman–Crippen LogP) is 1.05. The first-order valence-electron chi connectivity index (χ1n) is 7.48. The van der Waals surface area contributed by atoms with E-state index in [1.54, 1.807) is 13.1 Å². The molecule has 1 aromatic carbocycles. The molecule has 0 aliphatic heterocycles. The Morgan fingerprint density at radius 2 is 1.88 bits per heavy atom. The van der Waals surface area contributed by atoms with Gasteiger partial charge in [-0.05, 0) is 5.56 Å². The third-order valence-corrected chi connectivity index (χ3v) is 3.81. The first-order chi connectivity index (χ1) is 11.5. The third-order valence-electron chi connectivity index (χ3n) is 3.81. The van der Waals surface area contributed by atoms with Gasteiger partial charge in [0.05, 0.1) is 6.54 Å². The highest BCUT2D eigenvalue weighted by molar-refractivity contribution is 5.80. The van der Waals surface area contributed by atoms with E-state index in [1.807, 2.05) is 30.3 Å². The molecule has 2 aromatic heterocycles. The van der Waals surface area contributed by atoms with Gasteiger partial charge in [-0.2, -0.15) is 0 Å². The largest absolute Gasteiger partial charge is 0.471 e. The highest BCUT2D eigenvalue weighted by Crippen LogP contribution is 2.21. The normalized spacial score (nSPS) is 10.9. The minimum absolute atomic E-state index is 0.237. The van der Waals surface area contributed by atoms with Gasteiger partial charge in [0.2, 0.25) is 0 Å². The fourth-order valence-electron chi connectivity index (χ4n) is 2.64. The smallest absolute Gasteiger partial charge is 0.331 e. The molecule has 0 fully saturated rings. The maximum atomic E-state index is 12.7. The summed E-state index contributed by atoms with van der Waals surface area (Å²) in [7, 11) is 3.12. The van der Waals surface area contributed by atoms with Gasteiger partial charge >= 0.3 is 5.69 Å². The molecule has 2 heterocycles. The molecule has 124 valence electrons. The average Bonchev–Trinajstić information content (AvgIpc) is 2.92. The second-order valence-corrected chi connectivity index (χ2v) is 5.44. The molecule has 0 unspecified atom stereocenters. The number of benzene rings is 1. The Morgan fingerprint density at radius 1 is 1.17 bits per heavy atom. The molecule has 24 heavy (non-hydrogen) atoms. The van der Waals surface area contributed by atoms with Gasteiger partial charge in [0, 0.05) is 14.1 Å². The van der Waals surface area contributed by atoms with Crippen LogP contribution < -0.4 is 16.0 Å². The van der Waals surface area contributed by atoms with Crippen LogP contribution >= 0.6 is 0 Å². The number of hydrogen-bond donors (Lipinski definition) is 0. The van der Waals surface area contributed by atoms with Crippen LogP contribution in [-0.4, -0.2) is 25.5 Å². The molecule has 0 bridgehead atoms. The molecule has 0 aliphatic carbocycles. The molecule has 3 aromatic rings. The van der Waals surface area contributed by atoms with Crippen molar-refractivity contribution < 1.29 is 4.74 Å². The summed E-state index contributed by atoms with van der Waals surface area (Å²) in [6.07, 6.45) is 1.58. The number of fused-ring (bicyclic) bond motifs is 1. The Balaban J connectivity index is 2.31. The first-order valence-corrected chi connectivity index (χ1v) is 7.48. The average molecular weight is 326 g/mol. The van der Waals surface area contributed by atoms with Crippen LogP contribution in [0.25, 0.3) is 11.0 Å². The van der Waals surface area contributed by atoms with E-state index in [0.29, 0.717) is 17.6 Å². The lowest BCUT2D eigenvalue weighted by molar-refractivity contribution is 0.346. The molecule has 7 nitrogen and oxygen atoms in total. The molecule has 0 N–H and O–H groups in total. The van der Waals surface area contributed by atoms with Crippen molar-refractivity contribution in [2.24, 2.45) is 14.1 Å². The summed E-state index contributed by atoms with van der Waals surface area (Å²) >= 11 is 0. The third kappa shape index (κ3) is 2.54. The van der Waals surface area contributed by atoms with Gasteiger partial charge in [0.25, 0.3) is 11.4 Å². The number of aryl methyl sites for hydroxylation is 1. The van der Waals surface area contributed by atoms with Gasteiger partial charge in [-0.3, -0.25) is 18.6 Å². The predicted molar refractivity (Wildman–Crippen MR) is 91.5 cm³/mol. The summed E-state index contributed by atoms with van der Waals surface area (Å²) in [5.74, 6) is 0.248. The zero-order valence-corrected chi connectivity index (χ0v) is 13.6. The second kappa shape index (κ2) is 6.19. The number of nitrogens with zero attached hydrogens (tertiary/aromatic N) is 4. The number of ether oxygens (including phenoxy) is 1. The second-order valence-electron chi connectivity index (χ2n) is 5.44. The van der Waals surface area contributed by atoms with E-state index in [2.05, 4.69) is 11.7 Å². The quantitative estimate of drug-likeness (QED) is 0.657. The zero-order chi connectivity index (χ0) is 17.3. The summed E-state index contributed by atoms with van der Waals surface area (Å²) in [6, 6.07) is 9.55. The van der Waals surface area contributed by atoms with Crippen molar-refractivity contribution in [3.63, 3.8) is 0 Å². The van der Waals surface area contributed by atoms with Crippen molar-refractivity contribution in [1.82, 2.24) is 18.9 Å². The summed E-state index contributed by atoms with van der Waals surface area (Å²) in [6.45, 7) is 4.16. The summed E-state index contributed by atoms with van der Waals surface area (Å²) in [5.41, 5.74) is 0.858. The van der Waals surface area contributed by atoms with Crippen molar-refractivity contribution in [3.05, 3.63) is 69.4 Å². The van der Waals surface area contributed by atoms with Crippen molar-refractivity contribution in [2.75, 3.05) is 6.61 Å². The van der Waals surface area contributed by atoms with Crippen molar-refractivity contribution in [2.45, 2.75) is 6.54 Å². The summed E-state index contributed by atoms with van der Waals surface area (Å²) < 4.78 is 9.60. The molecule has 3 rings (SSSR count). The molecule has 0 saturated heterocycles. The van der Waals surface area contributed by atoms with Gasteiger partial charge in [-0.1, -0.05) is 43.0 Å². The molecule has 7 heteroatoms. The van der Waals surface area contributed by atoms with Gasteiger partial charge in [0.15, 0.2) is 5.52 Å². The standard InChI is InChI=1S/C17H18N4O3/c1-4-10-24-15-13-14(20(3)18-15)16(22)19(2)17(23)21(13)11-12-8-6-5-7-9-12/h4-9H,1,10-11H2,2-3H3. The fraction of sp³-hybridized carbons (Fsp3) is 0.235. The van der Waals surface area contributed by atoms with E-state index in [0.717, 1.165) is 10.1 Å². The molecule has 0 radical (unpaired) electrons. The zero-order valence-electron chi connectivity index (χ0n) is 13.6. The molecule has 0 saturated carbocycles. The Labute approximate surface area is 138 Å². The highest BCUT2D eigenvalue weighted by atomic mass is 16.5. The van der Waals surface area contributed by atoms with Crippen molar-refractivity contribution in [1.29, 1.82) is 0 Å². The topological polar surface area (TPSA) is 71.1 Å². The first kappa shape index (κ1) is 15.8. The Kier molecular flexibility index (Phi) is 4.07.